The molecule has 2 N–H and O–H groups in total. The van der Waals surface area contributed by atoms with Crippen LogP contribution in [0, 0.1) is 6.92 Å². The van der Waals surface area contributed by atoms with Gasteiger partial charge in [0.15, 0.2) is 11.0 Å². The first kappa shape index (κ1) is 29.8. The van der Waals surface area contributed by atoms with Gasteiger partial charge < -0.3 is 24.7 Å². The second kappa shape index (κ2) is 13.9. The number of hydrogen-bond acceptors (Lipinski definition) is 10. The standard InChI is InChI=1S/C26H31N5O6S2/c1-6-36-24(34)20-15(3)21(25(35)37-7-2)39-23(20)28-22(33)16(4)38-26-30-29-18(31(26)5)14-27-19(32)13-17-11-9-8-10-12-17/h8-12,16H,6-7,13-14H2,1-5H3,(H,27,32)(H,28,33)/t16-/m1/s1. The smallest absolute Gasteiger partial charge is 0.348 e. The third-order valence-electron chi connectivity index (χ3n) is 5.55. The minimum Gasteiger partial charge on any atom is -0.462 e. The first-order valence-corrected chi connectivity index (χ1v) is 14.0. The number of nitrogens with one attached hydrogen (secondary N) is 2. The van der Waals surface area contributed by atoms with E-state index in [9.17, 15) is 19.2 Å². The van der Waals surface area contributed by atoms with Crippen LogP contribution in [0.3, 0.4) is 0 Å². The van der Waals surface area contributed by atoms with Crippen LogP contribution in [0.2, 0.25) is 0 Å². The van der Waals surface area contributed by atoms with Gasteiger partial charge in [0.25, 0.3) is 0 Å². The number of anilines is 1. The molecule has 2 heterocycles. The van der Waals surface area contributed by atoms with Gasteiger partial charge in [-0.05, 0) is 38.8 Å². The van der Waals surface area contributed by atoms with Gasteiger partial charge in [0.05, 0.1) is 37.0 Å². The van der Waals surface area contributed by atoms with Crippen LogP contribution in [0.5, 0.6) is 0 Å². The molecule has 0 saturated heterocycles. The Morgan fingerprint density at radius 1 is 1.05 bits per heavy atom. The first-order chi connectivity index (χ1) is 18.7. The predicted octanol–water partition coefficient (Wildman–Crippen LogP) is 3.52. The number of nitrogens with zero attached hydrogens (tertiary/aromatic N) is 3. The summed E-state index contributed by atoms with van der Waals surface area (Å²) in [4.78, 5) is 50.5. The zero-order valence-electron chi connectivity index (χ0n) is 22.4. The van der Waals surface area contributed by atoms with Crippen LogP contribution < -0.4 is 10.6 Å². The van der Waals surface area contributed by atoms with Gasteiger partial charge >= 0.3 is 11.9 Å². The number of rotatable bonds is 12. The van der Waals surface area contributed by atoms with E-state index in [2.05, 4.69) is 20.8 Å². The number of thioether (sulfide) groups is 1. The second-order valence-electron chi connectivity index (χ2n) is 8.35. The fourth-order valence-electron chi connectivity index (χ4n) is 3.49. The molecule has 1 aromatic carbocycles. The average molecular weight is 574 g/mol. The van der Waals surface area contributed by atoms with E-state index < -0.39 is 23.1 Å². The molecular formula is C26H31N5O6S2. The van der Waals surface area contributed by atoms with Crippen molar-refractivity contribution in [1.82, 2.24) is 20.1 Å². The maximum absolute atomic E-state index is 13.1. The number of benzene rings is 1. The number of ether oxygens (including phenoxy) is 2. The van der Waals surface area contributed by atoms with Crippen LogP contribution in [0.25, 0.3) is 0 Å². The monoisotopic (exact) mass is 573 g/mol. The van der Waals surface area contributed by atoms with Crippen molar-refractivity contribution in [2.24, 2.45) is 7.05 Å². The Labute approximate surface area is 234 Å². The lowest BCUT2D eigenvalue weighted by molar-refractivity contribution is -0.120. The second-order valence-corrected chi connectivity index (χ2v) is 10.7. The Kier molecular flexibility index (Phi) is 10.6. The topological polar surface area (TPSA) is 142 Å². The van der Waals surface area contributed by atoms with Crippen molar-refractivity contribution in [1.29, 1.82) is 0 Å². The van der Waals surface area contributed by atoms with E-state index in [0.717, 1.165) is 16.9 Å². The number of carbonyl (C=O) groups excluding carboxylic acids is 4. The normalized spacial score (nSPS) is 11.5. The van der Waals surface area contributed by atoms with Gasteiger partial charge in [0.1, 0.15) is 9.88 Å². The summed E-state index contributed by atoms with van der Waals surface area (Å²) in [5, 5.41) is 13.9. The summed E-state index contributed by atoms with van der Waals surface area (Å²) in [5.41, 5.74) is 1.42. The summed E-state index contributed by atoms with van der Waals surface area (Å²) in [6.45, 7) is 7.16. The zero-order chi connectivity index (χ0) is 28.5. The summed E-state index contributed by atoms with van der Waals surface area (Å²) in [6.07, 6.45) is 0.255. The summed E-state index contributed by atoms with van der Waals surface area (Å²) in [5.74, 6) is -1.22. The quantitative estimate of drug-likeness (QED) is 0.246. The lowest BCUT2D eigenvalue weighted by Crippen LogP contribution is -2.26. The molecule has 0 saturated carbocycles. The van der Waals surface area contributed by atoms with Crippen LogP contribution in [0.15, 0.2) is 35.5 Å². The van der Waals surface area contributed by atoms with Crippen molar-refractivity contribution in [2.75, 3.05) is 18.5 Å². The van der Waals surface area contributed by atoms with Crippen molar-refractivity contribution in [3.05, 3.63) is 57.7 Å². The molecule has 0 bridgehead atoms. The molecule has 39 heavy (non-hydrogen) atoms. The molecule has 0 fully saturated rings. The predicted molar refractivity (Wildman–Crippen MR) is 148 cm³/mol. The molecule has 0 spiro atoms. The first-order valence-electron chi connectivity index (χ1n) is 12.3. The molecule has 2 aromatic heterocycles. The van der Waals surface area contributed by atoms with Gasteiger partial charge in [0.2, 0.25) is 11.8 Å². The highest BCUT2D eigenvalue weighted by Gasteiger charge is 2.29. The summed E-state index contributed by atoms with van der Waals surface area (Å²) in [7, 11) is 1.75. The highest BCUT2D eigenvalue weighted by Crippen LogP contribution is 2.35. The minimum atomic E-state index is -0.635. The van der Waals surface area contributed by atoms with E-state index in [4.69, 9.17) is 9.47 Å². The Morgan fingerprint density at radius 3 is 2.38 bits per heavy atom. The Balaban J connectivity index is 1.66. The number of hydrogen-bond donors (Lipinski definition) is 2. The summed E-state index contributed by atoms with van der Waals surface area (Å²) in [6, 6.07) is 9.41. The van der Waals surface area contributed by atoms with Gasteiger partial charge in [-0.25, -0.2) is 9.59 Å². The third kappa shape index (κ3) is 7.67. The Morgan fingerprint density at radius 2 is 1.72 bits per heavy atom. The lowest BCUT2D eigenvalue weighted by atomic mass is 10.1. The Bertz CT molecular complexity index is 1340. The van der Waals surface area contributed by atoms with E-state index >= 15 is 0 Å². The van der Waals surface area contributed by atoms with Crippen molar-refractivity contribution >= 4 is 51.9 Å². The number of amides is 2. The molecule has 0 aliphatic rings. The van der Waals surface area contributed by atoms with E-state index in [1.54, 1.807) is 39.3 Å². The van der Waals surface area contributed by atoms with Crippen LogP contribution in [-0.4, -0.2) is 57.0 Å². The minimum absolute atomic E-state index is 0.127. The van der Waals surface area contributed by atoms with Crippen LogP contribution >= 0.6 is 23.1 Å². The molecule has 0 aliphatic heterocycles. The maximum atomic E-state index is 13.1. The van der Waals surface area contributed by atoms with Gasteiger partial charge in [-0.15, -0.1) is 21.5 Å². The number of thiophene rings is 1. The van der Waals surface area contributed by atoms with Crippen LogP contribution in [0.4, 0.5) is 5.00 Å². The number of aromatic nitrogens is 3. The van der Waals surface area contributed by atoms with Crippen molar-refractivity contribution in [2.45, 2.75) is 51.1 Å². The molecule has 13 heteroatoms. The molecule has 0 unspecified atom stereocenters. The van der Waals surface area contributed by atoms with Gasteiger partial charge in [0, 0.05) is 7.05 Å². The lowest BCUT2D eigenvalue weighted by Gasteiger charge is -2.12. The Hall–Kier alpha value is -3.71. The molecule has 0 aliphatic carbocycles. The van der Waals surface area contributed by atoms with Gasteiger partial charge in [-0.2, -0.15) is 0 Å². The SMILES string of the molecule is CCOC(=O)c1sc(NC(=O)[C@@H](C)Sc2nnc(CNC(=O)Cc3ccccc3)n2C)c(C(=O)OCC)c1C. The molecule has 2 amide bonds. The largest absolute Gasteiger partial charge is 0.462 e. The van der Waals surface area contributed by atoms with Crippen molar-refractivity contribution in [3.8, 4) is 0 Å². The molecule has 11 nitrogen and oxygen atoms in total. The molecule has 3 rings (SSSR count). The maximum Gasteiger partial charge on any atom is 0.348 e. The highest BCUT2D eigenvalue weighted by molar-refractivity contribution is 8.00. The number of esters is 2. The fraction of sp³-hybridized carbons (Fsp3) is 0.385. The average Bonchev–Trinajstić information content (AvgIpc) is 3.42. The van der Waals surface area contributed by atoms with E-state index in [0.29, 0.717) is 16.5 Å². The van der Waals surface area contributed by atoms with Gasteiger partial charge in [-0.1, -0.05) is 42.1 Å². The zero-order valence-corrected chi connectivity index (χ0v) is 24.0. The van der Waals surface area contributed by atoms with E-state index in [-0.39, 0.29) is 47.5 Å². The van der Waals surface area contributed by atoms with Crippen LogP contribution in [-0.2, 0) is 39.1 Å². The molecule has 3 aromatic rings. The van der Waals surface area contributed by atoms with Crippen LogP contribution in [0.1, 0.15) is 57.8 Å². The summed E-state index contributed by atoms with van der Waals surface area (Å²) < 4.78 is 11.9. The highest BCUT2D eigenvalue weighted by atomic mass is 32.2. The third-order valence-corrected chi connectivity index (χ3v) is 7.87. The molecule has 1 atom stereocenters. The van der Waals surface area contributed by atoms with E-state index in [1.165, 1.54) is 11.8 Å². The number of carbonyl (C=O) groups is 4. The molecule has 0 radical (unpaired) electrons. The van der Waals surface area contributed by atoms with E-state index in [1.807, 2.05) is 30.3 Å². The summed E-state index contributed by atoms with van der Waals surface area (Å²) >= 11 is 2.13. The fourth-order valence-corrected chi connectivity index (χ4v) is 5.42. The molecule has 208 valence electrons. The van der Waals surface area contributed by atoms with Crippen molar-refractivity contribution in [3.63, 3.8) is 0 Å². The molecular weight excluding hydrogens is 542 g/mol. The van der Waals surface area contributed by atoms with Gasteiger partial charge in [-0.3, -0.25) is 9.59 Å². The van der Waals surface area contributed by atoms with Crippen molar-refractivity contribution < 1.29 is 28.7 Å².